The van der Waals surface area contributed by atoms with E-state index in [0.29, 0.717) is 13.0 Å². The first-order valence-electron chi connectivity index (χ1n) is 5.54. The number of aliphatic hydroxyl groups excluding tert-OH is 1. The summed E-state index contributed by atoms with van der Waals surface area (Å²) in [5, 5.41) is 9.95. The minimum atomic E-state index is -2.88. The fourth-order valence-electron chi connectivity index (χ4n) is 1.82. The molecule has 0 radical (unpaired) electrons. The molecule has 1 fully saturated rings. The van der Waals surface area contributed by atoms with Crippen molar-refractivity contribution in [1.82, 2.24) is 4.98 Å². The van der Waals surface area contributed by atoms with E-state index < -0.39 is 9.84 Å². The maximum atomic E-state index is 11.5. The smallest absolute Gasteiger partial charge is 0.185 e. The van der Waals surface area contributed by atoms with Crippen molar-refractivity contribution in [1.29, 1.82) is 0 Å². The van der Waals surface area contributed by atoms with Gasteiger partial charge in [0.25, 0.3) is 0 Å². The Labute approximate surface area is 105 Å². The fourth-order valence-corrected chi connectivity index (χ4v) is 4.07. The monoisotopic (exact) mass is 276 g/mol. The van der Waals surface area contributed by atoms with Gasteiger partial charge in [0, 0.05) is 13.1 Å². The molecule has 0 saturated carbocycles. The Morgan fingerprint density at radius 2 is 2.18 bits per heavy atom. The second kappa shape index (κ2) is 4.91. The van der Waals surface area contributed by atoms with Crippen molar-refractivity contribution in [3.05, 3.63) is 10.6 Å². The lowest BCUT2D eigenvalue weighted by atomic mass is 10.4. The van der Waals surface area contributed by atoms with E-state index in [-0.39, 0.29) is 18.1 Å². The lowest BCUT2D eigenvalue weighted by molar-refractivity contribution is 0.284. The summed E-state index contributed by atoms with van der Waals surface area (Å²) in [6, 6.07) is 0. The third-order valence-electron chi connectivity index (χ3n) is 2.85. The SMILES string of the molecule is Cc1nc(N2CCCS(=O)(=O)CC2)sc1CO. The molecule has 5 nitrogen and oxygen atoms in total. The van der Waals surface area contributed by atoms with Crippen molar-refractivity contribution < 1.29 is 13.5 Å². The average molecular weight is 276 g/mol. The molecule has 7 heteroatoms. The molecule has 2 heterocycles. The predicted octanol–water partition coefficient (Wildman–Crippen LogP) is 0.569. The molecule has 0 bridgehead atoms. The zero-order valence-electron chi connectivity index (χ0n) is 9.72. The fraction of sp³-hybridized carbons (Fsp3) is 0.700. The van der Waals surface area contributed by atoms with E-state index >= 15 is 0 Å². The predicted molar refractivity (Wildman–Crippen MR) is 68.3 cm³/mol. The van der Waals surface area contributed by atoms with Crippen molar-refractivity contribution in [2.75, 3.05) is 29.5 Å². The number of thiazole rings is 1. The number of aryl methyl sites for hydroxylation is 1. The van der Waals surface area contributed by atoms with Crippen LogP contribution in [0.3, 0.4) is 0 Å². The van der Waals surface area contributed by atoms with Gasteiger partial charge in [-0.2, -0.15) is 0 Å². The van der Waals surface area contributed by atoms with E-state index in [2.05, 4.69) is 4.98 Å². The van der Waals surface area contributed by atoms with Gasteiger partial charge in [0.05, 0.1) is 28.7 Å². The van der Waals surface area contributed by atoms with Crippen LogP contribution in [0.4, 0.5) is 5.13 Å². The summed E-state index contributed by atoms with van der Waals surface area (Å²) in [5.74, 6) is 0.459. The maximum absolute atomic E-state index is 11.5. The van der Waals surface area contributed by atoms with Gasteiger partial charge in [-0.15, -0.1) is 0 Å². The van der Waals surface area contributed by atoms with Crippen molar-refractivity contribution in [2.45, 2.75) is 20.0 Å². The minimum absolute atomic E-state index is 0.00433. The zero-order chi connectivity index (χ0) is 12.5. The van der Waals surface area contributed by atoms with Gasteiger partial charge in [-0.05, 0) is 13.3 Å². The second-order valence-corrected chi connectivity index (χ2v) is 7.52. The summed E-state index contributed by atoms with van der Waals surface area (Å²) in [4.78, 5) is 7.24. The molecule has 0 atom stereocenters. The van der Waals surface area contributed by atoms with Crippen LogP contribution in [-0.4, -0.2) is 43.1 Å². The second-order valence-electron chi connectivity index (χ2n) is 4.16. The van der Waals surface area contributed by atoms with E-state index in [1.807, 2.05) is 11.8 Å². The van der Waals surface area contributed by atoms with Crippen molar-refractivity contribution in [2.24, 2.45) is 0 Å². The molecule has 1 saturated heterocycles. The Morgan fingerprint density at radius 1 is 1.41 bits per heavy atom. The Kier molecular flexibility index (Phi) is 3.70. The average Bonchev–Trinajstić information content (AvgIpc) is 2.54. The van der Waals surface area contributed by atoms with Crippen LogP contribution in [0.25, 0.3) is 0 Å². The lowest BCUT2D eigenvalue weighted by Gasteiger charge is -2.17. The largest absolute Gasteiger partial charge is 0.391 e. The third kappa shape index (κ3) is 2.97. The molecule has 1 aromatic heterocycles. The van der Waals surface area contributed by atoms with Gasteiger partial charge >= 0.3 is 0 Å². The van der Waals surface area contributed by atoms with Gasteiger partial charge < -0.3 is 10.0 Å². The maximum Gasteiger partial charge on any atom is 0.185 e. The van der Waals surface area contributed by atoms with Crippen LogP contribution in [0, 0.1) is 6.92 Å². The molecule has 1 aliphatic rings. The van der Waals surface area contributed by atoms with Crippen LogP contribution >= 0.6 is 11.3 Å². The summed E-state index contributed by atoms with van der Waals surface area (Å²) in [6.07, 6.45) is 0.648. The number of hydrogen-bond donors (Lipinski definition) is 1. The molecule has 0 aromatic carbocycles. The van der Waals surface area contributed by atoms with Gasteiger partial charge in [-0.3, -0.25) is 0 Å². The minimum Gasteiger partial charge on any atom is -0.391 e. The molecular weight excluding hydrogens is 260 g/mol. The number of aliphatic hydroxyl groups is 1. The number of rotatable bonds is 2. The number of aromatic nitrogens is 1. The van der Waals surface area contributed by atoms with Crippen LogP contribution in [0.2, 0.25) is 0 Å². The first-order valence-corrected chi connectivity index (χ1v) is 8.18. The van der Waals surface area contributed by atoms with Gasteiger partial charge in [-0.25, -0.2) is 13.4 Å². The van der Waals surface area contributed by atoms with Crippen LogP contribution < -0.4 is 4.90 Å². The molecule has 1 N–H and O–H groups in total. The molecule has 1 aliphatic heterocycles. The Bertz CT molecular complexity index is 496. The normalized spacial score (nSPS) is 20.2. The van der Waals surface area contributed by atoms with E-state index in [9.17, 15) is 8.42 Å². The number of hydrogen-bond acceptors (Lipinski definition) is 6. The molecular formula is C10H16N2O3S2. The van der Waals surface area contributed by atoms with Gasteiger partial charge in [-0.1, -0.05) is 11.3 Å². The Morgan fingerprint density at radius 3 is 2.82 bits per heavy atom. The van der Waals surface area contributed by atoms with Crippen LogP contribution in [0.5, 0.6) is 0 Å². The highest BCUT2D eigenvalue weighted by Crippen LogP contribution is 2.26. The molecule has 0 spiro atoms. The molecule has 0 unspecified atom stereocenters. The standard InChI is InChI=1S/C10H16N2O3S2/c1-8-9(7-13)16-10(11-8)12-3-2-5-17(14,15)6-4-12/h13H,2-7H2,1H3. The first kappa shape index (κ1) is 12.8. The third-order valence-corrected chi connectivity index (χ3v) is 5.77. The van der Waals surface area contributed by atoms with Crippen molar-refractivity contribution in [3.8, 4) is 0 Å². The number of sulfone groups is 1. The van der Waals surface area contributed by atoms with Crippen LogP contribution in [0.15, 0.2) is 0 Å². The zero-order valence-corrected chi connectivity index (χ0v) is 11.4. The number of nitrogens with zero attached hydrogens (tertiary/aromatic N) is 2. The highest BCUT2D eigenvalue weighted by molar-refractivity contribution is 7.91. The van der Waals surface area contributed by atoms with Gasteiger partial charge in [0.15, 0.2) is 15.0 Å². The highest BCUT2D eigenvalue weighted by atomic mass is 32.2. The van der Waals surface area contributed by atoms with Crippen LogP contribution in [0.1, 0.15) is 17.0 Å². The van der Waals surface area contributed by atoms with Gasteiger partial charge in [0.2, 0.25) is 0 Å². The molecule has 0 amide bonds. The van der Waals surface area contributed by atoms with E-state index in [1.54, 1.807) is 0 Å². The summed E-state index contributed by atoms with van der Waals surface area (Å²) in [6.45, 7) is 3.08. The summed E-state index contributed by atoms with van der Waals surface area (Å²) in [7, 11) is -2.88. The van der Waals surface area contributed by atoms with Crippen molar-refractivity contribution >= 4 is 26.3 Å². The summed E-state index contributed by atoms with van der Waals surface area (Å²) >= 11 is 1.45. The van der Waals surface area contributed by atoms with E-state index in [1.165, 1.54) is 11.3 Å². The summed E-state index contributed by atoms with van der Waals surface area (Å²) in [5.41, 5.74) is 0.833. The topological polar surface area (TPSA) is 70.5 Å². The molecule has 17 heavy (non-hydrogen) atoms. The lowest BCUT2D eigenvalue weighted by Crippen LogP contribution is -2.26. The molecule has 0 aliphatic carbocycles. The van der Waals surface area contributed by atoms with Crippen molar-refractivity contribution in [3.63, 3.8) is 0 Å². The molecule has 1 aromatic rings. The Hall–Kier alpha value is -0.660. The summed E-state index contributed by atoms with van der Waals surface area (Å²) < 4.78 is 23.0. The van der Waals surface area contributed by atoms with E-state index in [0.717, 1.165) is 22.2 Å². The van der Waals surface area contributed by atoms with Crippen LogP contribution in [-0.2, 0) is 16.4 Å². The van der Waals surface area contributed by atoms with Gasteiger partial charge in [0.1, 0.15) is 0 Å². The molecule has 2 rings (SSSR count). The Balaban J connectivity index is 2.16. The number of anilines is 1. The highest BCUT2D eigenvalue weighted by Gasteiger charge is 2.21. The first-order chi connectivity index (χ1) is 8.02. The van der Waals surface area contributed by atoms with E-state index in [4.69, 9.17) is 5.11 Å². The quantitative estimate of drug-likeness (QED) is 0.855. The molecule has 96 valence electrons.